The topological polar surface area (TPSA) is 78.3 Å². The number of hydrogen-bond donors (Lipinski definition) is 1. The lowest BCUT2D eigenvalue weighted by molar-refractivity contribution is 0.354. The molecule has 2 aromatic carbocycles. The highest BCUT2D eigenvalue weighted by molar-refractivity contribution is 7.98. The van der Waals surface area contributed by atoms with Crippen molar-refractivity contribution < 1.29 is 9.47 Å². The zero-order valence-electron chi connectivity index (χ0n) is 15.6. The number of aromatic nitrogens is 3. The van der Waals surface area contributed by atoms with Crippen molar-refractivity contribution in [1.82, 2.24) is 14.8 Å². The minimum absolute atomic E-state index is 0.153. The van der Waals surface area contributed by atoms with Gasteiger partial charge in [-0.15, -0.1) is 10.2 Å². The third kappa shape index (κ3) is 4.58. The summed E-state index contributed by atoms with van der Waals surface area (Å²) in [4.78, 5) is 12.6. The second-order valence-electron chi connectivity index (χ2n) is 5.81. The van der Waals surface area contributed by atoms with Crippen molar-refractivity contribution in [3.8, 4) is 11.5 Å². The van der Waals surface area contributed by atoms with Crippen LogP contribution in [-0.2, 0) is 12.8 Å². The lowest BCUT2D eigenvalue weighted by Crippen LogP contribution is -2.24. The molecule has 0 amide bonds. The van der Waals surface area contributed by atoms with Crippen LogP contribution in [0.15, 0.2) is 52.4 Å². The molecule has 0 saturated carbocycles. The van der Waals surface area contributed by atoms with E-state index >= 15 is 0 Å². The highest BCUT2D eigenvalue weighted by Gasteiger charge is 2.11. The maximum absolute atomic E-state index is 12.6. The number of ether oxygens (including phenoxy) is 2. The Morgan fingerprint density at radius 1 is 1.07 bits per heavy atom. The predicted octanol–water partition coefficient (Wildman–Crippen LogP) is 3.88. The van der Waals surface area contributed by atoms with E-state index in [1.165, 1.54) is 16.3 Å². The Bertz CT molecular complexity index is 1020. The highest BCUT2D eigenvalue weighted by atomic mass is 35.5. The number of halogens is 1. The largest absolute Gasteiger partial charge is 0.493 e. The molecule has 0 saturated heterocycles. The SMILES string of the molecule is COc1ccc(CSc2nnc(Nc3ccc(Cl)cc3)c(=O)n2C)cc1OC. The number of thioether (sulfide) groups is 1. The zero-order valence-corrected chi connectivity index (χ0v) is 17.2. The quantitative estimate of drug-likeness (QED) is 0.583. The van der Waals surface area contributed by atoms with Gasteiger partial charge in [-0.05, 0) is 42.0 Å². The molecule has 1 aromatic heterocycles. The molecular weight excluding hydrogens is 400 g/mol. The number of benzene rings is 2. The molecule has 0 aliphatic heterocycles. The van der Waals surface area contributed by atoms with Gasteiger partial charge in [0.1, 0.15) is 0 Å². The third-order valence-corrected chi connectivity index (χ3v) is 5.30. The molecule has 146 valence electrons. The first kappa shape index (κ1) is 20.0. The molecule has 0 bridgehead atoms. The summed E-state index contributed by atoms with van der Waals surface area (Å²) >= 11 is 7.29. The molecule has 0 aliphatic rings. The molecule has 0 atom stereocenters. The Morgan fingerprint density at radius 2 is 1.79 bits per heavy atom. The molecule has 0 aliphatic carbocycles. The standard InChI is InChI=1S/C19H19ClN4O3S/c1-24-18(25)17(21-14-7-5-13(20)6-8-14)22-23-19(24)28-11-12-4-9-15(26-2)16(10-12)27-3/h4-10H,11H2,1-3H3,(H,21,22). The lowest BCUT2D eigenvalue weighted by atomic mass is 10.2. The number of hydrogen-bond acceptors (Lipinski definition) is 7. The van der Waals surface area contributed by atoms with E-state index in [0.717, 1.165) is 5.56 Å². The van der Waals surface area contributed by atoms with E-state index in [-0.39, 0.29) is 11.4 Å². The first-order valence-electron chi connectivity index (χ1n) is 8.32. The molecule has 9 heteroatoms. The van der Waals surface area contributed by atoms with E-state index in [0.29, 0.717) is 33.1 Å². The van der Waals surface area contributed by atoms with Gasteiger partial charge in [-0.3, -0.25) is 9.36 Å². The van der Waals surface area contributed by atoms with Crippen molar-refractivity contribution in [1.29, 1.82) is 0 Å². The molecule has 0 fully saturated rings. The average molecular weight is 419 g/mol. The number of methoxy groups -OCH3 is 2. The molecule has 3 aromatic rings. The van der Waals surface area contributed by atoms with Crippen molar-refractivity contribution in [3.63, 3.8) is 0 Å². The zero-order chi connectivity index (χ0) is 20.1. The van der Waals surface area contributed by atoms with Gasteiger partial charge < -0.3 is 14.8 Å². The second-order valence-corrected chi connectivity index (χ2v) is 7.18. The highest BCUT2D eigenvalue weighted by Crippen LogP contribution is 2.30. The molecule has 0 unspecified atom stereocenters. The first-order chi connectivity index (χ1) is 13.5. The minimum Gasteiger partial charge on any atom is -0.493 e. The Hall–Kier alpha value is -2.71. The molecule has 1 heterocycles. The molecule has 1 N–H and O–H groups in total. The van der Waals surface area contributed by atoms with Gasteiger partial charge in [-0.1, -0.05) is 29.4 Å². The van der Waals surface area contributed by atoms with Crippen LogP contribution in [0, 0.1) is 0 Å². The Labute approximate surface area is 171 Å². The fourth-order valence-electron chi connectivity index (χ4n) is 2.44. The fourth-order valence-corrected chi connectivity index (χ4v) is 3.42. The van der Waals surface area contributed by atoms with Crippen LogP contribution in [0.5, 0.6) is 11.5 Å². The summed E-state index contributed by atoms with van der Waals surface area (Å²) in [6.45, 7) is 0. The van der Waals surface area contributed by atoms with Crippen molar-refractivity contribution in [3.05, 3.63) is 63.4 Å². The lowest BCUT2D eigenvalue weighted by Gasteiger charge is -2.11. The van der Waals surface area contributed by atoms with Gasteiger partial charge in [0.25, 0.3) is 5.56 Å². The fraction of sp³-hybridized carbons (Fsp3) is 0.211. The van der Waals surface area contributed by atoms with Crippen molar-refractivity contribution in [2.24, 2.45) is 7.05 Å². The number of anilines is 2. The first-order valence-corrected chi connectivity index (χ1v) is 9.68. The van der Waals surface area contributed by atoms with E-state index in [1.807, 2.05) is 18.2 Å². The molecular formula is C19H19ClN4O3S. The van der Waals surface area contributed by atoms with E-state index < -0.39 is 0 Å². The third-order valence-electron chi connectivity index (χ3n) is 3.95. The van der Waals surface area contributed by atoms with E-state index in [4.69, 9.17) is 21.1 Å². The number of nitrogens with zero attached hydrogens (tertiary/aromatic N) is 3. The normalized spacial score (nSPS) is 10.6. The summed E-state index contributed by atoms with van der Waals surface area (Å²) in [7, 11) is 4.86. The maximum atomic E-state index is 12.6. The summed E-state index contributed by atoms with van der Waals surface area (Å²) < 4.78 is 12.0. The van der Waals surface area contributed by atoms with Gasteiger partial charge in [0, 0.05) is 23.5 Å². The van der Waals surface area contributed by atoms with Gasteiger partial charge in [-0.25, -0.2) is 0 Å². The number of rotatable bonds is 7. The van der Waals surface area contributed by atoms with Crippen LogP contribution >= 0.6 is 23.4 Å². The van der Waals surface area contributed by atoms with Crippen LogP contribution in [0.2, 0.25) is 5.02 Å². The van der Waals surface area contributed by atoms with Gasteiger partial charge >= 0.3 is 0 Å². The number of nitrogens with one attached hydrogen (secondary N) is 1. The van der Waals surface area contributed by atoms with E-state index in [2.05, 4.69) is 15.5 Å². The van der Waals surface area contributed by atoms with Crippen LogP contribution in [-0.4, -0.2) is 29.0 Å². The molecule has 0 radical (unpaired) electrons. The Balaban J connectivity index is 1.74. The summed E-state index contributed by atoms with van der Waals surface area (Å²) in [5, 5.41) is 12.3. The molecule has 7 nitrogen and oxygen atoms in total. The van der Waals surface area contributed by atoms with Gasteiger partial charge in [0.2, 0.25) is 5.82 Å². The van der Waals surface area contributed by atoms with Gasteiger partial charge in [-0.2, -0.15) is 0 Å². The Morgan fingerprint density at radius 3 is 2.46 bits per heavy atom. The summed E-state index contributed by atoms with van der Waals surface area (Å²) in [6.07, 6.45) is 0. The second kappa shape index (κ2) is 8.99. The van der Waals surface area contributed by atoms with Crippen LogP contribution in [0.4, 0.5) is 11.5 Å². The molecule has 28 heavy (non-hydrogen) atoms. The van der Waals surface area contributed by atoms with Crippen LogP contribution < -0.4 is 20.3 Å². The predicted molar refractivity (Wildman–Crippen MR) is 111 cm³/mol. The van der Waals surface area contributed by atoms with E-state index in [9.17, 15) is 4.79 Å². The van der Waals surface area contributed by atoms with Crippen molar-refractivity contribution >= 4 is 34.9 Å². The molecule has 3 rings (SSSR count). The molecule has 0 spiro atoms. The minimum atomic E-state index is -0.264. The Kier molecular flexibility index (Phi) is 6.43. The summed E-state index contributed by atoms with van der Waals surface area (Å²) in [5.74, 6) is 2.08. The van der Waals surface area contributed by atoms with Crippen LogP contribution in [0.3, 0.4) is 0 Å². The van der Waals surface area contributed by atoms with Crippen LogP contribution in [0.25, 0.3) is 0 Å². The monoisotopic (exact) mass is 418 g/mol. The van der Waals surface area contributed by atoms with Gasteiger partial charge in [0.15, 0.2) is 16.7 Å². The summed E-state index contributed by atoms with van der Waals surface area (Å²) in [5.41, 5.74) is 1.46. The van der Waals surface area contributed by atoms with Gasteiger partial charge in [0.05, 0.1) is 14.2 Å². The van der Waals surface area contributed by atoms with Crippen molar-refractivity contribution in [2.75, 3.05) is 19.5 Å². The van der Waals surface area contributed by atoms with E-state index in [1.54, 1.807) is 45.5 Å². The maximum Gasteiger partial charge on any atom is 0.297 e. The van der Waals surface area contributed by atoms with Crippen LogP contribution in [0.1, 0.15) is 5.56 Å². The summed E-state index contributed by atoms with van der Waals surface area (Å²) in [6, 6.07) is 12.7. The van der Waals surface area contributed by atoms with Crippen molar-refractivity contribution in [2.45, 2.75) is 10.9 Å². The average Bonchev–Trinajstić information content (AvgIpc) is 2.72. The smallest absolute Gasteiger partial charge is 0.297 e.